The second-order valence-corrected chi connectivity index (χ2v) is 4.56. The van der Waals surface area contributed by atoms with Crippen LogP contribution >= 0.6 is 0 Å². The molecule has 0 fully saturated rings. The van der Waals surface area contributed by atoms with E-state index in [1.807, 2.05) is 0 Å². The zero-order valence-electron chi connectivity index (χ0n) is 10.9. The monoisotopic (exact) mass is 305 g/mol. The molecule has 1 heterocycles. The number of hydrogen-bond acceptors (Lipinski definition) is 4. The maximum absolute atomic E-state index is 11.9. The summed E-state index contributed by atoms with van der Waals surface area (Å²) in [7, 11) is 0. The lowest BCUT2D eigenvalue weighted by molar-refractivity contribution is -0.175. The Kier molecular flexibility index (Phi) is 4.69. The van der Waals surface area contributed by atoms with E-state index in [0.717, 1.165) is 0 Å². The summed E-state index contributed by atoms with van der Waals surface area (Å²) in [6, 6.07) is 4.70. The number of carbonyl (C=O) groups excluding carboxylic acids is 1. The van der Waals surface area contributed by atoms with E-state index < -0.39 is 18.9 Å². The third-order valence-electron chi connectivity index (χ3n) is 2.82. The van der Waals surface area contributed by atoms with E-state index in [-0.39, 0.29) is 25.5 Å². The van der Waals surface area contributed by atoms with Crippen molar-refractivity contribution in [2.45, 2.75) is 18.7 Å². The van der Waals surface area contributed by atoms with E-state index in [2.05, 4.69) is 10.1 Å². The van der Waals surface area contributed by atoms with E-state index in [0.29, 0.717) is 17.0 Å². The van der Waals surface area contributed by atoms with E-state index in [1.165, 1.54) is 6.07 Å². The predicted octanol–water partition coefficient (Wildman–Crippen LogP) is 2.02. The maximum atomic E-state index is 11.9. The van der Waals surface area contributed by atoms with Crippen LogP contribution in [-0.2, 0) is 9.53 Å². The molecule has 1 aliphatic heterocycles. The molecule has 1 aliphatic rings. The van der Waals surface area contributed by atoms with E-state index in [4.69, 9.17) is 4.74 Å². The summed E-state index contributed by atoms with van der Waals surface area (Å²) in [6.45, 7) is -1.63. The van der Waals surface area contributed by atoms with Crippen LogP contribution in [0.25, 0.3) is 0 Å². The minimum atomic E-state index is -4.38. The van der Waals surface area contributed by atoms with Crippen molar-refractivity contribution in [3.63, 3.8) is 0 Å². The molecule has 0 aromatic heterocycles. The topological polar surface area (TPSA) is 67.8 Å². The Hall–Kier alpha value is -1.80. The fraction of sp³-hybridized carbons (Fsp3) is 0.462. The number of anilines is 1. The summed E-state index contributed by atoms with van der Waals surface area (Å²) in [4.78, 5) is 11.2. The molecule has 2 rings (SSSR count). The number of alkyl halides is 3. The molecule has 21 heavy (non-hydrogen) atoms. The van der Waals surface area contributed by atoms with Crippen molar-refractivity contribution in [2.24, 2.45) is 0 Å². The second kappa shape index (κ2) is 6.31. The first kappa shape index (κ1) is 15.6. The molecule has 1 amide bonds. The Balaban J connectivity index is 1.89. The number of nitrogens with one attached hydrogen (secondary N) is 1. The summed E-state index contributed by atoms with van der Waals surface area (Å²) in [5, 5.41) is 12.5. The average molecular weight is 305 g/mol. The molecule has 1 aromatic rings. The van der Waals surface area contributed by atoms with Gasteiger partial charge in [0.15, 0.2) is 6.61 Å². The van der Waals surface area contributed by atoms with Crippen LogP contribution < -0.4 is 10.1 Å². The van der Waals surface area contributed by atoms with Crippen molar-refractivity contribution in [1.29, 1.82) is 0 Å². The molecular formula is C13H14F3NO4. The third kappa shape index (κ3) is 4.61. The van der Waals surface area contributed by atoms with Crippen LogP contribution in [0.1, 0.15) is 18.1 Å². The highest BCUT2D eigenvalue weighted by atomic mass is 19.4. The molecule has 1 aromatic carbocycles. The highest BCUT2D eigenvalue weighted by molar-refractivity contribution is 5.95. The largest absolute Gasteiger partial charge is 0.482 e. The smallest absolute Gasteiger partial charge is 0.411 e. The molecule has 1 unspecified atom stereocenters. The van der Waals surface area contributed by atoms with Gasteiger partial charge in [0.25, 0.3) is 5.91 Å². The molecular weight excluding hydrogens is 291 g/mol. The van der Waals surface area contributed by atoms with Gasteiger partial charge in [-0.15, -0.1) is 0 Å². The third-order valence-corrected chi connectivity index (χ3v) is 2.82. The number of carbonyl (C=O) groups is 1. The Bertz CT molecular complexity index is 519. The number of benzene rings is 1. The van der Waals surface area contributed by atoms with Gasteiger partial charge in [0, 0.05) is 13.0 Å². The van der Waals surface area contributed by atoms with Crippen molar-refractivity contribution in [3.05, 3.63) is 23.8 Å². The van der Waals surface area contributed by atoms with Crippen molar-refractivity contribution in [1.82, 2.24) is 0 Å². The summed E-state index contributed by atoms with van der Waals surface area (Å²) in [5.74, 6) is 0.182. The molecule has 0 aliphatic carbocycles. The van der Waals surface area contributed by atoms with Crippen LogP contribution in [0.5, 0.6) is 5.75 Å². The van der Waals surface area contributed by atoms with Crippen LogP contribution in [0, 0.1) is 0 Å². The lowest BCUT2D eigenvalue weighted by atomic mass is 10.1. The van der Waals surface area contributed by atoms with Gasteiger partial charge in [-0.2, -0.15) is 13.2 Å². The zero-order valence-corrected chi connectivity index (χ0v) is 10.9. The minimum absolute atomic E-state index is 0.0175. The van der Waals surface area contributed by atoms with Crippen molar-refractivity contribution < 1.29 is 32.5 Å². The molecule has 0 bridgehead atoms. The fourth-order valence-corrected chi connectivity index (χ4v) is 1.86. The Labute approximate surface area is 118 Å². The number of amides is 1. The minimum Gasteiger partial charge on any atom is -0.482 e. The summed E-state index contributed by atoms with van der Waals surface area (Å²) < 4.78 is 45.3. The van der Waals surface area contributed by atoms with Gasteiger partial charge in [-0.05, 0) is 17.7 Å². The van der Waals surface area contributed by atoms with Gasteiger partial charge >= 0.3 is 6.18 Å². The van der Waals surface area contributed by atoms with Crippen molar-refractivity contribution in [3.8, 4) is 5.75 Å². The van der Waals surface area contributed by atoms with Crippen LogP contribution in [0.2, 0.25) is 0 Å². The van der Waals surface area contributed by atoms with Crippen molar-refractivity contribution in [2.75, 3.05) is 25.1 Å². The number of aliphatic hydroxyl groups is 1. The number of ether oxygens (including phenoxy) is 2. The van der Waals surface area contributed by atoms with Gasteiger partial charge < -0.3 is 19.9 Å². The molecule has 1 atom stereocenters. The second-order valence-electron chi connectivity index (χ2n) is 4.56. The number of fused-ring (bicyclic) bond motifs is 1. The summed E-state index contributed by atoms with van der Waals surface area (Å²) in [6.07, 6.45) is -5.34. The van der Waals surface area contributed by atoms with Gasteiger partial charge in [0.1, 0.15) is 12.4 Å². The van der Waals surface area contributed by atoms with Gasteiger partial charge in [0.2, 0.25) is 0 Å². The molecule has 0 spiro atoms. The first-order chi connectivity index (χ1) is 9.85. The molecule has 0 saturated carbocycles. The SMILES string of the molecule is O=C1COc2ccc(C(O)CCOCC(F)(F)F)cc2N1. The zero-order chi connectivity index (χ0) is 15.5. The van der Waals surface area contributed by atoms with Crippen LogP contribution in [-0.4, -0.2) is 37.0 Å². The lowest BCUT2D eigenvalue weighted by Crippen LogP contribution is -2.25. The van der Waals surface area contributed by atoms with Crippen molar-refractivity contribution >= 4 is 11.6 Å². The quantitative estimate of drug-likeness (QED) is 0.817. The molecule has 116 valence electrons. The molecule has 0 saturated heterocycles. The Morgan fingerprint density at radius 1 is 1.43 bits per heavy atom. The number of hydrogen-bond donors (Lipinski definition) is 2. The maximum Gasteiger partial charge on any atom is 0.411 e. The Morgan fingerprint density at radius 3 is 2.90 bits per heavy atom. The standard InChI is InChI=1S/C13H14F3NO4/c14-13(15,16)7-20-4-3-10(18)8-1-2-11-9(5-8)17-12(19)6-21-11/h1-2,5,10,18H,3-4,6-7H2,(H,17,19). The van der Waals surface area contributed by atoms with Gasteiger partial charge in [-0.1, -0.05) is 6.07 Å². The van der Waals surface area contributed by atoms with Crippen LogP contribution in [0.15, 0.2) is 18.2 Å². The molecule has 8 heteroatoms. The normalized spacial score (nSPS) is 15.9. The average Bonchev–Trinajstić information content (AvgIpc) is 2.41. The lowest BCUT2D eigenvalue weighted by Gasteiger charge is -2.20. The predicted molar refractivity (Wildman–Crippen MR) is 67.0 cm³/mol. The highest BCUT2D eigenvalue weighted by Gasteiger charge is 2.27. The molecule has 5 nitrogen and oxygen atoms in total. The van der Waals surface area contributed by atoms with Gasteiger partial charge in [-0.3, -0.25) is 4.79 Å². The highest BCUT2D eigenvalue weighted by Crippen LogP contribution is 2.31. The molecule has 0 radical (unpaired) electrons. The first-order valence-electron chi connectivity index (χ1n) is 6.24. The Morgan fingerprint density at radius 2 is 2.19 bits per heavy atom. The van der Waals surface area contributed by atoms with E-state index in [1.54, 1.807) is 12.1 Å². The first-order valence-corrected chi connectivity index (χ1v) is 6.24. The van der Waals surface area contributed by atoms with E-state index >= 15 is 0 Å². The number of aliphatic hydroxyl groups excluding tert-OH is 1. The van der Waals surface area contributed by atoms with Crippen LogP contribution in [0.3, 0.4) is 0 Å². The summed E-state index contributed by atoms with van der Waals surface area (Å²) >= 11 is 0. The van der Waals surface area contributed by atoms with Gasteiger partial charge in [0.05, 0.1) is 11.8 Å². The number of rotatable bonds is 5. The van der Waals surface area contributed by atoms with Crippen LogP contribution in [0.4, 0.5) is 18.9 Å². The molecule has 2 N–H and O–H groups in total. The van der Waals surface area contributed by atoms with Gasteiger partial charge in [-0.25, -0.2) is 0 Å². The summed E-state index contributed by atoms with van der Waals surface area (Å²) in [5.41, 5.74) is 0.897. The fourth-order valence-electron chi connectivity index (χ4n) is 1.86. The number of halogens is 3. The van der Waals surface area contributed by atoms with E-state index in [9.17, 15) is 23.1 Å².